The lowest BCUT2D eigenvalue weighted by Gasteiger charge is -2.51. The van der Waals surface area contributed by atoms with Gasteiger partial charge in [-0.3, -0.25) is 0 Å². The maximum atomic E-state index is 6.83. The van der Waals surface area contributed by atoms with Gasteiger partial charge in [-0.05, 0) is 112 Å². The van der Waals surface area contributed by atoms with Crippen LogP contribution in [0.3, 0.4) is 0 Å². The van der Waals surface area contributed by atoms with Gasteiger partial charge in [0.05, 0.1) is 11.8 Å². The fraction of sp³-hybridized carbons (Fsp3) is 0.720. The molecule has 5 atom stereocenters. The molecule has 3 aliphatic rings. The second kappa shape index (κ2) is 8.03. The molecule has 2 saturated carbocycles. The van der Waals surface area contributed by atoms with Crippen LogP contribution in [0.25, 0.3) is 0 Å². The number of fused-ring (bicyclic) bond motifs is 5. The van der Waals surface area contributed by atoms with Gasteiger partial charge >= 0.3 is 0 Å². The average molecular weight is 460 g/mol. The van der Waals surface area contributed by atoms with Crippen molar-refractivity contribution in [3.05, 3.63) is 29.3 Å². The van der Waals surface area contributed by atoms with Crippen molar-refractivity contribution in [3.8, 4) is 5.75 Å². The Balaban J connectivity index is 1.72. The van der Waals surface area contributed by atoms with Gasteiger partial charge in [0.15, 0.2) is 8.32 Å². The molecule has 0 spiro atoms. The van der Waals surface area contributed by atoms with Crippen molar-refractivity contribution < 1.29 is 13.7 Å². The lowest BCUT2D eigenvalue weighted by molar-refractivity contribution is 0.0440. The minimum Gasteiger partial charge on any atom is -0.544 e. The second-order valence-corrected chi connectivity index (χ2v) is 20.9. The molecule has 1 aromatic carbocycles. The summed E-state index contributed by atoms with van der Waals surface area (Å²) >= 11 is 0. The smallest absolute Gasteiger partial charge is 0.242 e. The first kappa shape index (κ1) is 23.1. The van der Waals surface area contributed by atoms with Crippen LogP contribution < -0.4 is 4.43 Å². The Labute approximate surface area is 191 Å². The Morgan fingerprint density at radius 2 is 1.74 bits per heavy atom. The van der Waals surface area contributed by atoms with Gasteiger partial charge in [-0.1, -0.05) is 18.1 Å². The van der Waals surface area contributed by atoms with E-state index >= 15 is 0 Å². The van der Waals surface area contributed by atoms with Crippen molar-refractivity contribution in [1.82, 2.24) is 0 Å². The lowest BCUT2D eigenvalue weighted by Crippen LogP contribution is -2.44. The Hall–Kier alpha value is -1.12. The molecule has 4 rings (SSSR count). The van der Waals surface area contributed by atoms with Crippen LogP contribution in [-0.4, -0.2) is 29.5 Å². The third-order valence-corrected chi connectivity index (χ3v) is 9.43. The Bertz CT molecular complexity index is 857. The Kier molecular flexibility index (Phi) is 5.97. The van der Waals surface area contributed by atoms with Crippen molar-refractivity contribution in [1.29, 1.82) is 0 Å². The van der Waals surface area contributed by atoms with E-state index in [0.29, 0.717) is 17.8 Å². The summed E-state index contributed by atoms with van der Waals surface area (Å²) in [6.07, 6.45) is 6.03. The monoisotopic (exact) mass is 459 g/mol. The van der Waals surface area contributed by atoms with E-state index in [4.69, 9.17) is 13.7 Å². The van der Waals surface area contributed by atoms with Crippen LogP contribution >= 0.6 is 0 Å². The third kappa shape index (κ3) is 4.53. The van der Waals surface area contributed by atoms with E-state index in [1.165, 1.54) is 36.1 Å². The van der Waals surface area contributed by atoms with Gasteiger partial charge in [-0.25, -0.2) is 0 Å². The minimum atomic E-state index is -1.69. The number of hydrogen-bond acceptors (Lipinski definition) is 4. The van der Waals surface area contributed by atoms with Crippen LogP contribution in [0.5, 0.6) is 5.75 Å². The molecule has 0 saturated heterocycles. The van der Waals surface area contributed by atoms with Gasteiger partial charge < -0.3 is 13.7 Å². The average Bonchev–Trinajstić information content (AvgIpc) is 2.96. The Morgan fingerprint density at radius 3 is 2.39 bits per heavy atom. The van der Waals surface area contributed by atoms with Gasteiger partial charge in [-0.15, -0.1) is 0 Å². The fourth-order valence-corrected chi connectivity index (χ4v) is 8.46. The summed E-state index contributed by atoms with van der Waals surface area (Å²) in [6, 6.07) is 6.89. The molecule has 6 heteroatoms. The number of nitrogens with zero attached hydrogens (tertiary/aromatic N) is 1. The molecule has 0 unspecified atom stereocenters. The van der Waals surface area contributed by atoms with Crippen LogP contribution in [0.1, 0.15) is 62.2 Å². The molecule has 172 valence electrons. The molecule has 0 amide bonds. The zero-order valence-electron chi connectivity index (χ0n) is 20.7. The lowest BCUT2D eigenvalue weighted by atomic mass is 9.55. The molecule has 0 aliphatic heterocycles. The molecule has 31 heavy (non-hydrogen) atoms. The first-order valence-electron chi connectivity index (χ1n) is 12.0. The quantitative estimate of drug-likeness (QED) is 0.348. The molecule has 1 aromatic rings. The number of benzene rings is 1. The first-order chi connectivity index (χ1) is 14.4. The highest BCUT2D eigenvalue weighted by molar-refractivity contribution is 6.70. The van der Waals surface area contributed by atoms with E-state index in [0.717, 1.165) is 18.6 Å². The van der Waals surface area contributed by atoms with Crippen LogP contribution in [-0.2, 0) is 9.26 Å². The van der Waals surface area contributed by atoms with Crippen LogP contribution in [0, 0.1) is 17.3 Å². The molecule has 2 fully saturated rings. The van der Waals surface area contributed by atoms with Gasteiger partial charge in [0.25, 0.3) is 0 Å². The summed E-state index contributed by atoms with van der Waals surface area (Å²) < 4.78 is 13.2. The maximum Gasteiger partial charge on any atom is 0.242 e. The second-order valence-electron chi connectivity index (χ2n) is 12.1. The molecule has 3 aliphatic carbocycles. The molecule has 0 radical (unpaired) electrons. The van der Waals surface area contributed by atoms with Crippen molar-refractivity contribution >= 4 is 22.3 Å². The number of hydrogen-bond donors (Lipinski definition) is 0. The fourth-order valence-electron chi connectivity index (χ4n) is 6.55. The van der Waals surface area contributed by atoms with Crippen LogP contribution in [0.2, 0.25) is 39.3 Å². The van der Waals surface area contributed by atoms with E-state index in [2.05, 4.69) is 69.6 Å². The third-order valence-electron chi connectivity index (χ3n) is 7.59. The SMILES string of the molecule is CO/N=C1\CC[C@H]2[C@@H]3C[C@@H](O[Si](C)(C)C)c4cc(O[Si](C)(C)C)ccc4[C@H]3CC[C@]12C. The van der Waals surface area contributed by atoms with Crippen molar-refractivity contribution in [3.63, 3.8) is 0 Å². The van der Waals surface area contributed by atoms with Crippen molar-refractivity contribution in [2.45, 2.75) is 90.3 Å². The minimum absolute atomic E-state index is 0.180. The largest absolute Gasteiger partial charge is 0.544 e. The van der Waals surface area contributed by atoms with Gasteiger partial charge in [0, 0.05) is 5.41 Å². The van der Waals surface area contributed by atoms with Crippen molar-refractivity contribution in [2.24, 2.45) is 22.4 Å². The zero-order chi connectivity index (χ0) is 22.6. The summed E-state index contributed by atoms with van der Waals surface area (Å²) in [4.78, 5) is 5.23. The van der Waals surface area contributed by atoms with E-state index in [1.54, 1.807) is 7.11 Å². The molecular formula is C25H41NO3Si2. The van der Waals surface area contributed by atoms with E-state index < -0.39 is 16.6 Å². The summed E-state index contributed by atoms with van der Waals surface area (Å²) in [7, 11) is -1.65. The number of rotatable bonds is 5. The summed E-state index contributed by atoms with van der Waals surface area (Å²) in [5.41, 5.74) is 4.37. The molecule has 0 aromatic heterocycles. The van der Waals surface area contributed by atoms with Gasteiger partial charge in [0.1, 0.15) is 12.9 Å². The molecule has 0 N–H and O–H groups in total. The highest BCUT2D eigenvalue weighted by Gasteiger charge is 2.55. The number of oxime groups is 1. The highest BCUT2D eigenvalue weighted by atomic mass is 28.4. The summed E-state index contributed by atoms with van der Waals surface area (Å²) in [5.74, 6) is 2.97. The van der Waals surface area contributed by atoms with E-state index in [-0.39, 0.29) is 11.5 Å². The molecule has 0 bridgehead atoms. The topological polar surface area (TPSA) is 40.0 Å². The van der Waals surface area contributed by atoms with Crippen LogP contribution in [0.15, 0.2) is 23.4 Å². The summed E-state index contributed by atoms with van der Waals surface area (Å²) in [6.45, 7) is 16.1. The zero-order valence-corrected chi connectivity index (χ0v) is 22.7. The molecule has 0 heterocycles. The van der Waals surface area contributed by atoms with Gasteiger partial charge in [0.2, 0.25) is 8.32 Å². The van der Waals surface area contributed by atoms with Gasteiger partial charge in [-0.2, -0.15) is 0 Å². The molecule has 4 nitrogen and oxygen atoms in total. The molecular weight excluding hydrogens is 418 g/mol. The van der Waals surface area contributed by atoms with E-state index in [1.807, 2.05) is 0 Å². The Morgan fingerprint density at radius 1 is 1.00 bits per heavy atom. The van der Waals surface area contributed by atoms with E-state index in [9.17, 15) is 0 Å². The van der Waals surface area contributed by atoms with Crippen molar-refractivity contribution in [2.75, 3.05) is 7.11 Å². The maximum absolute atomic E-state index is 6.83. The van der Waals surface area contributed by atoms with Crippen LogP contribution in [0.4, 0.5) is 0 Å². The normalized spacial score (nSPS) is 34.1. The predicted octanol–water partition coefficient (Wildman–Crippen LogP) is 7.11. The first-order valence-corrected chi connectivity index (χ1v) is 18.8. The highest BCUT2D eigenvalue weighted by Crippen LogP contribution is 2.62. The standard InChI is InChI=1S/C25H41NO3Si2/c1-25-14-13-19-18-10-9-17(28-30(3,4)5)15-21(18)23(29-31(6,7)8)16-20(19)22(25)11-12-24(25)26-27-2/h9-10,15,19-20,22-23H,11-14,16H2,1-8H3/b26-24+/t19-,20-,22+,23-,25+/m1/s1. The summed E-state index contributed by atoms with van der Waals surface area (Å²) in [5, 5.41) is 4.47. The predicted molar refractivity (Wildman–Crippen MR) is 133 cm³/mol.